The monoisotopic (exact) mass is 415 g/mol. The molecule has 4 rings (SSSR count). The Morgan fingerprint density at radius 2 is 1.96 bits per heavy atom. The number of thiazole rings is 1. The van der Waals surface area contributed by atoms with Crippen molar-refractivity contribution < 1.29 is 4.74 Å². The van der Waals surface area contributed by atoms with E-state index in [1.165, 1.54) is 11.8 Å². The molecule has 0 aliphatic rings. The lowest BCUT2D eigenvalue weighted by Gasteiger charge is -2.08. The molecule has 0 radical (unpaired) electrons. The number of hydrogen-bond donors (Lipinski definition) is 0. The summed E-state index contributed by atoms with van der Waals surface area (Å²) in [5.41, 5.74) is 2.69. The summed E-state index contributed by atoms with van der Waals surface area (Å²) in [5, 5.41) is 16.3. The topological polar surface area (TPSA) is 65.7 Å². The molecule has 136 valence electrons. The van der Waals surface area contributed by atoms with E-state index in [-0.39, 0.29) is 0 Å². The number of hydrogen-bond acceptors (Lipinski definition) is 7. The lowest BCUT2D eigenvalue weighted by molar-refractivity contribution is 0.410. The van der Waals surface area contributed by atoms with Crippen LogP contribution >= 0.6 is 34.7 Å². The van der Waals surface area contributed by atoms with E-state index in [0.717, 1.165) is 22.0 Å². The highest BCUT2D eigenvalue weighted by Crippen LogP contribution is 2.32. The lowest BCUT2D eigenvalue weighted by atomic mass is 10.2. The third kappa shape index (κ3) is 3.83. The van der Waals surface area contributed by atoms with Gasteiger partial charge in [0, 0.05) is 16.7 Å². The molecule has 0 bridgehead atoms. The minimum Gasteiger partial charge on any atom is -0.494 e. The summed E-state index contributed by atoms with van der Waals surface area (Å²) >= 11 is 9.35. The third-order valence-electron chi connectivity index (χ3n) is 3.76. The summed E-state index contributed by atoms with van der Waals surface area (Å²) in [6, 6.07) is 15.3. The van der Waals surface area contributed by atoms with E-state index in [4.69, 9.17) is 16.3 Å². The highest BCUT2D eigenvalue weighted by molar-refractivity contribution is 7.98. The van der Waals surface area contributed by atoms with Crippen molar-refractivity contribution in [3.05, 3.63) is 64.6 Å². The van der Waals surface area contributed by atoms with Crippen LogP contribution in [0.15, 0.2) is 59.1 Å². The van der Waals surface area contributed by atoms with Gasteiger partial charge in [0.25, 0.3) is 0 Å². The van der Waals surface area contributed by atoms with Gasteiger partial charge >= 0.3 is 0 Å². The predicted molar refractivity (Wildman–Crippen MR) is 108 cm³/mol. The Hall–Kier alpha value is -2.42. The minimum atomic E-state index is 0.649. The van der Waals surface area contributed by atoms with E-state index in [1.54, 1.807) is 23.1 Å². The molecule has 0 aliphatic heterocycles. The molecular weight excluding hydrogens is 402 g/mol. The second-order valence-corrected chi connectivity index (χ2v) is 7.67. The van der Waals surface area contributed by atoms with Gasteiger partial charge in [-0.05, 0) is 28.6 Å². The number of halogens is 1. The summed E-state index contributed by atoms with van der Waals surface area (Å²) < 4.78 is 7.07. The zero-order valence-corrected chi connectivity index (χ0v) is 16.6. The smallest absolute Gasteiger partial charge is 0.214 e. The zero-order chi connectivity index (χ0) is 18.6. The molecule has 0 unspecified atom stereocenters. The van der Waals surface area contributed by atoms with Crippen molar-refractivity contribution in [1.82, 2.24) is 25.2 Å². The summed E-state index contributed by atoms with van der Waals surface area (Å²) in [5.74, 6) is 1.36. The normalized spacial score (nSPS) is 10.9. The zero-order valence-electron chi connectivity index (χ0n) is 14.2. The van der Waals surface area contributed by atoms with Gasteiger partial charge in [-0.1, -0.05) is 53.7 Å². The van der Waals surface area contributed by atoms with Gasteiger partial charge in [-0.3, -0.25) is 0 Å². The predicted octanol–water partition coefficient (Wildman–Crippen LogP) is 4.74. The van der Waals surface area contributed by atoms with Gasteiger partial charge in [-0.25, -0.2) is 4.98 Å². The molecular formula is C18H14ClN5OS2. The van der Waals surface area contributed by atoms with Gasteiger partial charge in [0.15, 0.2) is 0 Å². The fraction of sp³-hybridized carbons (Fsp3) is 0.111. The van der Waals surface area contributed by atoms with Gasteiger partial charge in [0.2, 0.25) is 5.16 Å². The highest BCUT2D eigenvalue weighted by Gasteiger charge is 2.14. The van der Waals surface area contributed by atoms with Crippen LogP contribution in [0.4, 0.5) is 0 Å². The first-order valence-electron chi connectivity index (χ1n) is 8.00. The summed E-state index contributed by atoms with van der Waals surface area (Å²) in [6.45, 7) is 0. The number of methoxy groups -OCH3 is 1. The maximum Gasteiger partial charge on any atom is 0.214 e. The van der Waals surface area contributed by atoms with Crippen LogP contribution in [0, 0.1) is 0 Å². The van der Waals surface area contributed by atoms with E-state index >= 15 is 0 Å². The number of ether oxygens (including phenoxy) is 1. The van der Waals surface area contributed by atoms with Crippen LogP contribution in [0.1, 0.15) is 5.69 Å². The highest BCUT2D eigenvalue weighted by atomic mass is 35.5. The minimum absolute atomic E-state index is 0.649. The Bertz CT molecular complexity index is 1070. The Kier molecular flexibility index (Phi) is 5.38. The number of benzene rings is 2. The Balaban J connectivity index is 1.53. The number of nitrogens with zero attached hydrogens (tertiary/aromatic N) is 5. The van der Waals surface area contributed by atoms with Crippen molar-refractivity contribution in [1.29, 1.82) is 0 Å². The fourth-order valence-corrected chi connectivity index (χ4v) is 4.52. The molecule has 0 saturated carbocycles. The molecule has 2 heterocycles. The molecule has 27 heavy (non-hydrogen) atoms. The molecule has 9 heteroatoms. The van der Waals surface area contributed by atoms with Crippen LogP contribution in [0.3, 0.4) is 0 Å². The second kappa shape index (κ2) is 8.08. The number of rotatable bonds is 6. The van der Waals surface area contributed by atoms with E-state index in [1.807, 2.05) is 53.9 Å². The molecule has 0 saturated heterocycles. The summed E-state index contributed by atoms with van der Waals surface area (Å²) in [6.07, 6.45) is 0. The van der Waals surface area contributed by atoms with Crippen LogP contribution in [0.25, 0.3) is 16.3 Å². The summed E-state index contributed by atoms with van der Waals surface area (Å²) in [4.78, 5) is 4.69. The van der Waals surface area contributed by atoms with Gasteiger partial charge < -0.3 is 4.74 Å². The van der Waals surface area contributed by atoms with Crippen LogP contribution in [0.2, 0.25) is 5.02 Å². The number of para-hydroxylation sites is 2. The molecule has 2 aromatic heterocycles. The molecule has 2 aromatic carbocycles. The number of thioether (sulfide) groups is 1. The molecule has 0 spiro atoms. The van der Waals surface area contributed by atoms with Gasteiger partial charge in [0.1, 0.15) is 16.4 Å². The van der Waals surface area contributed by atoms with Crippen molar-refractivity contribution >= 4 is 34.7 Å². The van der Waals surface area contributed by atoms with E-state index in [2.05, 4.69) is 20.5 Å². The number of tetrazole rings is 1. The van der Waals surface area contributed by atoms with Crippen molar-refractivity contribution in [2.24, 2.45) is 0 Å². The van der Waals surface area contributed by atoms with Crippen LogP contribution in [-0.2, 0) is 5.75 Å². The Morgan fingerprint density at radius 3 is 2.81 bits per heavy atom. The van der Waals surface area contributed by atoms with Crippen molar-refractivity contribution in [2.45, 2.75) is 10.9 Å². The second-order valence-electron chi connectivity index (χ2n) is 5.46. The maximum absolute atomic E-state index is 6.26. The first-order chi connectivity index (χ1) is 13.3. The molecule has 0 N–H and O–H groups in total. The van der Waals surface area contributed by atoms with Gasteiger partial charge in [0.05, 0.1) is 17.8 Å². The van der Waals surface area contributed by atoms with Crippen molar-refractivity contribution in [3.8, 4) is 22.0 Å². The molecule has 0 atom stereocenters. The SMILES string of the molecule is COc1ccccc1-n1nnnc1SCc1csc(-c2ccccc2Cl)n1. The van der Waals surface area contributed by atoms with Crippen LogP contribution in [-0.4, -0.2) is 32.3 Å². The first-order valence-corrected chi connectivity index (χ1v) is 10.2. The summed E-state index contributed by atoms with van der Waals surface area (Å²) in [7, 11) is 1.63. The van der Waals surface area contributed by atoms with E-state index in [9.17, 15) is 0 Å². The molecule has 4 aromatic rings. The van der Waals surface area contributed by atoms with Gasteiger partial charge in [-0.2, -0.15) is 4.68 Å². The third-order valence-corrected chi connectivity index (χ3v) is 5.97. The van der Waals surface area contributed by atoms with Crippen LogP contribution in [0.5, 0.6) is 5.75 Å². The van der Waals surface area contributed by atoms with Crippen molar-refractivity contribution in [2.75, 3.05) is 7.11 Å². The van der Waals surface area contributed by atoms with E-state index < -0.39 is 0 Å². The van der Waals surface area contributed by atoms with Crippen LogP contribution < -0.4 is 4.74 Å². The first kappa shape index (κ1) is 18.0. The average Bonchev–Trinajstić information content (AvgIpc) is 3.36. The largest absolute Gasteiger partial charge is 0.494 e. The molecule has 0 fully saturated rings. The molecule has 0 amide bonds. The lowest BCUT2D eigenvalue weighted by Crippen LogP contribution is -2.01. The van der Waals surface area contributed by atoms with Gasteiger partial charge in [-0.15, -0.1) is 16.4 Å². The molecule has 0 aliphatic carbocycles. The molecule has 6 nitrogen and oxygen atoms in total. The number of aromatic nitrogens is 5. The quantitative estimate of drug-likeness (QED) is 0.424. The van der Waals surface area contributed by atoms with Crippen molar-refractivity contribution in [3.63, 3.8) is 0 Å². The fourth-order valence-electron chi connectivity index (χ4n) is 2.49. The average molecular weight is 416 g/mol. The Labute approximate surface area is 169 Å². The van der Waals surface area contributed by atoms with E-state index in [0.29, 0.717) is 21.7 Å². The standard InChI is InChI=1S/C18H14ClN5OS2/c1-25-16-9-5-4-8-15(16)24-18(21-22-23-24)27-11-12-10-26-17(20-12)13-6-2-3-7-14(13)19/h2-10H,11H2,1H3. The Morgan fingerprint density at radius 1 is 1.15 bits per heavy atom. The maximum atomic E-state index is 6.26.